The number of nitrogens with one attached hydrogen (secondary N) is 2. The summed E-state index contributed by atoms with van der Waals surface area (Å²) in [6, 6.07) is 16.1. The number of hydrogen-bond donors (Lipinski definition) is 2. The van der Waals surface area contributed by atoms with Crippen molar-refractivity contribution in [3.8, 4) is 0 Å². The average molecular weight is 369 g/mol. The largest absolute Gasteiger partial charge is 0.348 e. The van der Waals surface area contributed by atoms with Gasteiger partial charge in [-0.3, -0.25) is 14.5 Å². The minimum atomic E-state index is -0.846. The van der Waals surface area contributed by atoms with Gasteiger partial charge in [-0.15, -0.1) is 0 Å². The molecular weight excluding hydrogens is 345 g/mol. The molecule has 1 aliphatic rings. The van der Waals surface area contributed by atoms with Crippen molar-refractivity contribution in [1.29, 1.82) is 0 Å². The molecule has 1 heterocycles. The fourth-order valence-corrected chi connectivity index (χ4v) is 3.25. The average Bonchev–Trinajstić information content (AvgIpc) is 2.69. The van der Waals surface area contributed by atoms with E-state index in [4.69, 9.17) is 0 Å². The molecule has 1 saturated heterocycles. The van der Waals surface area contributed by atoms with Gasteiger partial charge in [0, 0.05) is 13.1 Å². The minimum absolute atomic E-state index is 0.00636. The first-order chi connectivity index (χ1) is 13.1. The molecular formula is C21H24FN3O2. The Hall–Kier alpha value is -2.73. The number of benzene rings is 2. The highest BCUT2D eigenvalue weighted by molar-refractivity contribution is 6.39. The molecule has 0 atom stereocenters. The topological polar surface area (TPSA) is 61.4 Å². The highest BCUT2D eigenvalue weighted by Crippen LogP contribution is 2.18. The van der Waals surface area contributed by atoms with Crippen LogP contribution in [0.25, 0.3) is 0 Å². The van der Waals surface area contributed by atoms with Gasteiger partial charge in [-0.1, -0.05) is 42.5 Å². The molecule has 142 valence electrons. The second-order valence-electron chi connectivity index (χ2n) is 6.85. The van der Waals surface area contributed by atoms with Crippen LogP contribution in [0.5, 0.6) is 0 Å². The van der Waals surface area contributed by atoms with Crippen LogP contribution in [0.15, 0.2) is 54.6 Å². The van der Waals surface area contributed by atoms with Crippen molar-refractivity contribution in [3.63, 3.8) is 0 Å². The highest BCUT2D eigenvalue weighted by Gasteiger charge is 2.21. The summed E-state index contributed by atoms with van der Waals surface area (Å²) in [6.45, 7) is 3.33. The quantitative estimate of drug-likeness (QED) is 0.797. The maximum Gasteiger partial charge on any atom is 0.313 e. The molecule has 6 heteroatoms. The molecule has 0 aromatic heterocycles. The molecule has 0 radical (unpaired) electrons. The molecule has 2 amide bonds. The Morgan fingerprint density at radius 3 is 2.33 bits per heavy atom. The van der Waals surface area contributed by atoms with Crippen molar-refractivity contribution >= 4 is 17.5 Å². The number of anilines is 1. The van der Waals surface area contributed by atoms with E-state index in [2.05, 4.69) is 27.7 Å². The zero-order valence-corrected chi connectivity index (χ0v) is 15.2. The summed E-state index contributed by atoms with van der Waals surface area (Å²) in [5.74, 6) is -1.79. The third-order valence-electron chi connectivity index (χ3n) is 4.84. The van der Waals surface area contributed by atoms with Crippen molar-refractivity contribution in [3.05, 3.63) is 66.0 Å². The Labute approximate surface area is 158 Å². The highest BCUT2D eigenvalue weighted by atomic mass is 19.1. The first-order valence-electron chi connectivity index (χ1n) is 9.22. The predicted octanol–water partition coefficient (Wildman–Crippen LogP) is 2.79. The number of halogens is 1. The molecule has 0 spiro atoms. The number of amides is 2. The molecule has 1 aliphatic heterocycles. The Morgan fingerprint density at radius 2 is 1.63 bits per heavy atom. The monoisotopic (exact) mass is 369 g/mol. The van der Waals surface area contributed by atoms with Gasteiger partial charge in [-0.2, -0.15) is 0 Å². The van der Waals surface area contributed by atoms with E-state index in [1.54, 1.807) is 6.07 Å². The van der Waals surface area contributed by atoms with E-state index < -0.39 is 17.6 Å². The van der Waals surface area contributed by atoms with Gasteiger partial charge >= 0.3 is 11.8 Å². The van der Waals surface area contributed by atoms with Crippen LogP contribution >= 0.6 is 0 Å². The summed E-state index contributed by atoms with van der Waals surface area (Å²) < 4.78 is 13.5. The summed E-state index contributed by atoms with van der Waals surface area (Å²) in [7, 11) is 0. The third kappa shape index (κ3) is 5.62. The lowest BCUT2D eigenvalue weighted by atomic mass is 9.96. The van der Waals surface area contributed by atoms with Gasteiger partial charge in [0.05, 0.1) is 5.69 Å². The lowest BCUT2D eigenvalue weighted by Crippen LogP contribution is -2.41. The molecule has 2 N–H and O–H groups in total. The van der Waals surface area contributed by atoms with E-state index in [-0.39, 0.29) is 5.69 Å². The van der Waals surface area contributed by atoms with Crippen molar-refractivity contribution in [2.24, 2.45) is 5.92 Å². The zero-order chi connectivity index (χ0) is 19.1. The van der Waals surface area contributed by atoms with Gasteiger partial charge in [0.1, 0.15) is 5.82 Å². The van der Waals surface area contributed by atoms with Crippen LogP contribution < -0.4 is 10.6 Å². The van der Waals surface area contributed by atoms with Crippen LogP contribution in [-0.4, -0.2) is 36.3 Å². The molecule has 0 unspecified atom stereocenters. The molecule has 27 heavy (non-hydrogen) atoms. The minimum Gasteiger partial charge on any atom is -0.348 e. The molecule has 2 aromatic rings. The first kappa shape index (κ1) is 19.0. The number of hydrogen-bond acceptors (Lipinski definition) is 3. The second kappa shape index (κ2) is 9.28. The van der Waals surface area contributed by atoms with Crippen LogP contribution in [0.1, 0.15) is 18.4 Å². The Morgan fingerprint density at radius 1 is 0.963 bits per heavy atom. The summed E-state index contributed by atoms with van der Waals surface area (Å²) in [5, 5.41) is 4.96. The lowest BCUT2D eigenvalue weighted by Gasteiger charge is -2.32. The first-order valence-corrected chi connectivity index (χ1v) is 9.22. The van der Waals surface area contributed by atoms with Crippen molar-refractivity contribution < 1.29 is 14.0 Å². The summed E-state index contributed by atoms with van der Waals surface area (Å²) >= 11 is 0. The van der Waals surface area contributed by atoms with Gasteiger partial charge in [-0.05, 0) is 49.5 Å². The molecule has 3 rings (SSSR count). The van der Waals surface area contributed by atoms with Gasteiger partial charge < -0.3 is 10.6 Å². The molecule has 5 nitrogen and oxygen atoms in total. The van der Waals surface area contributed by atoms with E-state index in [9.17, 15) is 14.0 Å². The van der Waals surface area contributed by atoms with E-state index in [0.717, 1.165) is 32.5 Å². The predicted molar refractivity (Wildman–Crippen MR) is 102 cm³/mol. The Bertz CT molecular complexity index is 774. The van der Waals surface area contributed by atoms with Gasteiger partial charge in [0.15, 0.2) is 0 Å². The molecule has 1 fully saturated rings. The van der Waals surface area contributed by atoms with Crippen molar-refractivity contribution in [2.75, 3.05) is 25.0 Å². The van der Waals surface area contributed by atoms with Crippen molar-refractivity contribution in [1.82, 2.24) is 10.2 Å². The number of nitrogens with zero attached hydrogens (tertiary/aromatic N) is 1. The SMILES string of the molecule is O=C(NCC1CCN(Cc2ccccc2)CC1)C(=O)Nc1ccccc1F. The summed E-state index contributed by atoms with van der Waals surface area (Å²) in [5.41, 5.74) is 1.31. The van der Waals surface area contributed by atoms with Crippen molar-refractivity contribution in [2.45, 2.75) is 19.4 Å². The zero-order valence-electron chi connectivity index (χ0n) is 15.2. The number of rotatable bonds is 5. The fourth-order valence-electron chi connectivity index (χ4n) is 3.25. The second-order valence-corrected chi connectivity index (χ2v) is 6.85. The van der Waals surface area contributed by atoms with Crippen LogP contribution in [0.3, 0.4) is 0 Å². The third-order valence-corrected chi connectivity index (χ3v) is 4.84. The van der Waals surface area contributed by atoms with Crippen LogP contribution in [0.4, 0.5) is 10.1 Å². The van der Waals surface area contributed by atoms with Crippen LogP contribution in [0.2, 0.25) is 0 Å². The maximum atomic E-state index is 13.5. The number of piperidine rings is 1. The van der Waals surface area contributed by atoms with Gasteiger partial charge in [-0.25, -0.2) is 4.39 Å². The lowest BCUT2D eigenvalue weighted by molar-refractivity contribution is -0.136. The Balaban J connectivity index is 1.38. The van der Waals surface area contributed by atoms with E-state index >= 15 is 0 Å². The van der Waals surface area contributed by atoms with E-state index in [0.29, 0.717) is 12.5 Å². The number of likely N-dealkylation sites (tertiary alicyclic amines) is 1. The summed E-state index contributed by atoms with van der Waals surface area (Å²) in [6.07, 6.45) is 1.95. The van der Waals surface area contributed by atoms with Crippen LogP contribution in [0, 0.1) is 11.7 Å². The molecule has 0 saturated carbocycles. The standard InChI is InChI=1S/C21H24FN3O2/c22-18-8-4-5-9-19(18)24-21(27)20(26)23-14-16-10-12-25(13-11-16)15-17-6-2-1-3-7-17/h1-9,16H,10-15H2,(H,23,26)(H,24,27). The van der Waals surface area contributed by atoms with Gasteiger partial charge in [0.2, 0.25) is 0 Å². The molecule has 0 aliphatic carbocycles. The molecule has 2 aromatic carbocycles. The van der Waals surface area contributed by atoms with Crippen LogP contribution in [-0.2, 0) is 16.1 Å². The fraction of sp³-hybridized carbons (Fsp3) is 0.333. The molecule has 0 bridgehead atoms. The number of carbonyl (C=O) groups excluding carboxylic acids is 2. The smallest absolute Gasteiger partial charge is 0.313 e. The van der Waals surface area contributed by atoms with Gasteiger partial charge in [0.25, 0.3) is 0 Å². The number of para-hydroxylation sites is 1. The normalized spacial score (nSPS) is 15.3. The van der Waals surface area contributed by atoms with E-state index in [1.807, 2.05) is 18.2 Å². The summed E-state index contributed by atoms with van der Waals surface area (Å²) in [4.78, 5) is 26.2. The van der Waals surface area contributed by atoms with E-state index in [1.165, 1.54) is 23.8 Å². The number of carbonyl (C=O) groups is 2. The maximum absolute atomic E-state index is 13.5. The Kier molecular flexibility index (Phi) is 6.54.